The van der Waals surface area contributed by atoms with Gasteiger partial charge in [-0.1, -0.05) is 17.7 Å². The van der Waals surface area contributed by atoms with Crippen molar-refractivity contribution in [3.63, 3.8) is 0 Å². The van der Waals surface area contributed by atoms with Gasteiger partial charge in [-0.15, -0.1) is 37.2 Å². The largest absolute Gasteiger partial charge is 0.379 e. The molecule has 2 aromatic heterocycles. The molecular formula is C22H30Cl3N7O. The predicted octanol–water partition coefficient (Wildman–Crippen LogP) is 3.86. The third kappa shape index (κ3) is 10.2. The zero-order valence-electron chi connectivity index (χ0n) is 18.3. The van der Waals surface area contributed by atoms with Gasteiger partial charge in [0.1, 0.15) is 5.82 Å². The molecule has 8 nitrogen and oxygen atoms in total. The number of nitrogens with two attached hydrogens (primary N) is 2. The fourth-order valence-corrected chi connectivity index (χ4v) is 2.83. The van der Waals surface area contributed by atoms with Gasteiger partial charge in [-0.2, -0.15) is 0 Å². The van der Waals surface area contributed by atoms with E-state index in [0.717, 1.165) is 40.9 Å². The van der Waals surface area contributed by atoms with Gasteiger partial charge in [0.25, 0.3) is 0 Å². The van der Waals surface area contributed by atoms with Crippen LogP contribution in [0.25, 0.3) is 23.1 Å². The van der Waals surface area contributed by atoms with E-state index < -0.39 is 0 Å². The molecule has 0 fully saturated rings. The van der Waals surface area contributed by atoms with Gasteiger partial charge in [0.15, 0.2) is 11.8 Å². The van der Waals surface area contributed by atoms with E-state index in [1.807, 2.05) is 36.4 Å². The number of nitrogens with zero attached hydrogens (tertiary/aromatic N) is 4. The molecular weight excluding hydrogens is 485 g/mol. The second-order valence-electron chi connectivity index (χ2n) is 6.74. The zero-order chi connectivity index (χ0) is 21.2. The number of pyridine rings is 1. The summed E-state index contributed by atoms with van der Waals surface area (Å²) in [6.07, 6.45) is 6.37. The lowest BCUT2D eigenvalue weighted by molar-refractivity contribution is 0.141. The lowest BCUT2D eigenvalue weighted by Crippen LogP contribution is -2.23. The van der Waals surface area contributed by atoms with Crippen molar-refractivity contribution in [1.29, 1.82) is 0 Å². The quantitative estimate of drug-likeness (QED) is 0.213. The maximum atomic E-state index is 5.53. The summed E-state index contributed by atoms with van der Waals surface area (Å²) >= 11 is 0. The first-order valence-corrected chi connectivity index (χ1v) is 9.86. The van der Waals surface area contributed by atoms with Crippen molar-refractivity contribution < 1.29 is 4.74 Å². The van der Waals surface area contributed by atoms with E-state index in [4.69, 9.17) is 21.2 Å². The second kappa shape index (κ2) is 16.0. The van der Waals surface area contributed by atoms with Gasteiger partial charge in [0.2, 0.25) is 0 Å². The first kappa shape index (κ1) is 30.4. The number of aryl methyl sites for hydroxylation is 1. The average molecular weight is 515 g/mol. The molecule has 0 aliphatic carbocycles. The highest BCUT2D eigenvalue weighted by Crippen LogP contribution is 2.22. The topological polar surface area (TPSA) is 124 Å². The molecule has 0 aliphatic heterocycles. The molecule has 2 heterocycles. The van der Waals surface area contributed by atoms with E-state index in [9.17, 15) is 0 Å². The average Bonchev–Trinajstić information content (AvgIpc) is 2.75. The van der Waals surface area contributed by atoms with Crippen LogP contribution in [0, 0.1) is 6.92 Å². The monoisotopic (exact) mass is 513 g/mol. The molecule has 0 unspecified atom stereocenters. The molecule has 0 spiro atoms. The number of aromatic nitrogens is 3. The van der Waals surface area contributed by atoms with Gasteiger partial charge in [-0.3, -0.25) is 9.98 Å². The molecule has 0 radical (unpaired) electrons. The van der Waals surface area contributed by atoms with Gasteiger partial charge in [0.05, 0.1) is 24.4 Å². The van der Waals surface area contributed by atoms with Crippen LogP contribution in [0.15, 0.2) is 47.6 Å². The summed E-state index contributed by atoms with van der Waals surface area (Å²) in [6.45, 7) is 4.36. The van der Waals surface area contributed by atoms with E-state index >= 15 is 0 Å². The van der Waals surface area contributed by atoms with Crippen molar-refractivity contribution in [2.75, 3.05) is 31.6 Å². The lowest BCUT2D eigenvalue weighted by Gasteiger charge is -2.10. The van der Waals surface area contributed by atoms with E-state index in [1.54, 1.807) is 6.20 Å². The Hall–Kier alpha value is -2.65. The standard InChI is InChI=1S/C22H27N7O.3ClH/c1-16-6-8-19-18(15-16)21(26-11-4-13-30-14-12-27-22(23)24)29-20(28-19)9-7-17-5-2-3-10-25-17;;;/h2-3,5-10,15H,4,11-14H2,1H3,(H4,23,24,27)(H,26,28,29);3*1H. The van der Waals surface area contributed by atoms with Crippen molar-refractivity contribution >= 4 is 72.1 Å². The van der Waals surface area contributed by atoms with Crippen LogP contribution in [0.5, 0.6) is 0 Å². The van der Waals surface area contributed by atoms with Crippen LogP contribution >= 0.6 is 37.2 Å². The molecule has 0 aliphatic rings. The Kier molecular flexibility index (Phi) is 14.8. The number of hydrogen-bond donors (Lipinski definition) is 3. The Morgan fingerprint density at radius 2 is 1.88 bits per heavy atom. The number of halogens is 3. The summed E-state index contributed by atoms with van der Waals surface area (Å²) in [7, 11) is 0. The van der Waals surface area contributed by atoms with E-state index in [1.165, 1.54) is 0 Å². The number of fused-ring (bicyclic) bond motifs is 1. The van der Waals surface area contributed by atoms with Gasteiger partial charge in [0, 0.05) is 24.7 Å². The third-order valence-corrected chi connectivity index (χ3v) is 4.25. The van der Waals surface area contributed by atoms with Crippen molar-refractivity contribution in [2.45, 2.75) is 13.3 Å². The summed E-state index contributed by atoms with van der Waals surface area (Å²) in [4.78, 5) is 17.5. The predicted molar refractivity (Wildman–Crippen MR) is 144 cm³/mol. The molecule has 0 amide bonds. The number of rotatable bonds is 10. The van der Waals surface area contributed by atoms with Crippen LogP contribution in [0.1, 0.15) is 23.5 Å². The normalized spacial score (nSPS) is 10.1. The maximum absolute atomic E-state index is 5.53. The maximum Gasteiger partial charge on any atom is 0.185 e. The zero-order valence-corrected chi connectivity index (χ0v) is 20.8. The molecule has 5 N–H and O–H groups in total. The molecule has 1 aromatic carbocycles. The fourth-order valence-electron chi connectivity index (χ4n) is 2.83. The second-order valence-corrected chi connectivity index (χ2v) is 6.74. The lowest BCUT2D eigenvalue weighted by atomic mass is 10.1. The molecule has 3 rings (SSSR count). The Morgan fingerprint density at radius 3 is 2.61 bits per heavy atom. The molecule has 180 valence electrons. The molecule has 0 atom stereocenters. The van der Waals surface area contributed by atoms with Crippen LogP contribution in [0.3, 0.4) is 0 Å². The first-order chi connectivity index (χ1) is 14.6. The molecule has 11 heteroatoms. The highest BCUT2D eigenvalue weighted by Gasteiger charge is 2.07. The number of ether oxygens (including phenoxy) is 1. The number of anilines is 1. The molecule has 3 aromatic rings. The van der Waals surface area contributed by atoms with Gasteiger partial charge in [-0.05, 0) is 49.8 Å². The van der Waals surface area contributed by atoms with Crippen LogP contribution < -0.4 is 16.8 Å². The minimum absolute atomic E-state index is 0. The first-order valence-electron chi connectivity index (χ1n) is 9.86. The molecule has 0 bridgehead atoms. The van der Waals surface area contributed by atoms with Crippen LogP contribution in [0.2, 0.25) is 0 Å². The van der Waals surface area contributed by atoms with E-state index in [2.05, 4.69) is 39.3 Å². The summed E-state index contributed by atoms with van der Waals surface area (Å²) in [5.41, 5.74) is 13.5. The third-order valence-electron chi connectivity index (χ3n) is 4.25. The van der Waals surface area contributed by atoms with Gasteiger partial charge in [-0.25, -0.2) is 9.97 Å². The van der Waals surface area contributed by atoms with E-state index in [0.29, 0.717) is 25.6 Å². The number of hydrogen-bond acceptors (Lipinski definition) is 6. The summed E-state index contributed by atoms with van der Waals surface area (Å²) in [5, 5.41) is 4.41. The Labute approximate surface area is 212 Å². The Balaban J connectivity index is 0.00000341. The van der Waals surface area contributed by atoms with Crippen LogP contribution in [-0.4, -0.2) is 47.2 Å². The van der Waals surface area contributed by atoms with Gasteiger partial charge < -0.3 is 21.5 Å². The smallest absolute Gasteiger partial charge is 0.185 e. The number of aliphatic imine (C=N–C) groups is 1. The van der Waals surface area contributed by atoms with Crippen molar-refractivity contribution in [3.05, 3.63) is 59.7 Å². The number of nitrogens with one attached hydrogen (secondary N) is 1. The van der Waals surface area contributed by atoms with Crippen LogP contribution in [-0.2, 0) is 4.74 Å². The van der Waals surface area contributed by atoms with Crippen LogP contribution in [0.4, 0.5) is 5.82 Å². The molecule has 0 saturated heterocycles. The Bertz CT molecular complexity index is 1030. The highest BCUT2D eigenvalue weighted by atomic mass is 35.5. The molecule has 0 saturated carbocycles. The minimum Gasteiger partial charge on any atom is -0.379 e. The van der Waals surface area contributed by atoms with Crippen molar-refractivity contribution in [1.82, 2.24) is 15.0 Å². The van der Waals surface area contributed by atoms with Crippen molar-refractivity contribution in [3.8, 4) is 0 Å². The summed E-state index contributed by atoms with van der Waals surface area (Å²) < 4.78 is 5.53. The molecule has 33 heavy (non-hydrogen) atoms. The Morgan fingerprint density at radius 1 is 1.06 bits per heavy atom. The van der Waals surface area contributed by atoms with Crippen molar-refractivity contribution in [2.24, 2.45) is 16.5 Å². The summed E-state index contributed by atoms with van der Waals surface area (Å²) in [6, 6.07) is 11.9. The van der Waals surface area contributed by atoms with Gasteiger partial charge >= 0.3 is 0 Å². The fraction of sp³-hybridized carbons (Fsp3) is 0.273. The summed E-state index contributed by atoms with van der Waals surface area (Å²) in [5.74, 6) is 1.52. The number of guanidine groups is 1. The van der Waals surface area contributed by atoms with E-state index in [-0.39, 0.29) is 43.2 Å². The SMILES string of the molecule is Cc1ccc2nc(C=Cc3ccccn3)nc(NCCCOCCN=C(N)N)c2c1.Cl.Cl.Cl. The minimum atomic E-state index is 0. The number of benzene rings is 1. The highest BCUT2D eigenvalue weighted by molar-refractivity contribution is 5.90.